The number of nitrogens with zero attached hydrogens (tertiary/aromatic N) is 1. The molecule has 0 radical (unpaired) electrons. The topological polar surface area (TPSA) is 12.4 Å². The number of thioether (sulfide) groups is 1. The Kier molecular flexibility index (Phi) is 1.90. The van der Waals surface area contributed by atoms with Crippen LogP contribution in [0.3, 0.4) is 0 Å². The summed E-state index contributed by atoms with van der Waals surface area (Å²) >= 11 is 1.75. The molecular weight excluding hydrogens is 142 g/mol. The van der Waals surface area contributed by atoms with Gasteiger partial charge in [0.25, 0.3) is 0 Å². The fraction of sp³-hybridized carbons (Fsp3) is 0.625. The highest BCUT2D eigenvalue weighted by Crippen LogP contribution is 2.28. The van der Waals surface area contributed by atoms with Crippen LogP contribution in [0.25, 0.3) is 0 Å². The second-order valence-corrected chi connectivity index (χ2v) is 4.58. The molecule has 0 atom stereocenters. The molecule has 0 N–H and O–H groups in total. The van der Waals surface area contributed by atoms with Crippen molar-refractivity contribution in [1.29, 1.82) is 0 Å². The first-order valence-corrected chi connectivity index (χ1v) is 4.25. The lowest BCUT2D eigenvalue weighted by molar-refractivity contribution is 0.655. The summed E-state index contributed by atoms with van der Waals surface area (Å²) in [6.45, 7) is 8.44. The van der Waals surface area contributed by atoms with E-state index in [1.54, 1.807) is 11.8 Å². The Labute approximate surface area is 66.6 Å². The highest BCUT2D eigenvalue weighted by molar-refractivity contribution is 8.17. The molecule has 0 spiro atoms. The predicted molar refractivity (Wildman–Crippen MR) is 48.5 cm³/mol. The van der Waals surface area contributed by atoms with E-state index in [1.165, 1.54) is 9.95 Å². The summed E-state index contributed by atoms with van der Waals surface area (Å²) in [6, 6.07) is 0. The minimum Gasteiger partial charge on any atom is -0.273 e. The first-order valence-electron chi connectivity index (χ1n) is 3.43. The van der Waals surface area contributed by atoms with E-state index in [4.69, 9.17) is 0 Å². The minimum atomic E-state index is 0.0272. The maximum Gasteiger partial charge on any atom is 0.0751 e. The molecule has 1 aliphatic heterocycles. The fourth-order valence-corrected chi connectivity index (χ4v) is 2.31. The molecule has 0 aromatic rings. The normalized spacial score (nSPS) is 23.6. The van der Waals surface area contributed by atoms with Gasteiger partial charge in [-0.15, -0.1) is 0 Å². The van der Waals surface area contributed by atoms with Crippen LogP contribution in [-0.2, 0) is 0 Å². The molecule has 56 valence electrons. The lowest BCUT2D eigenvalue weighted by Gasteiger charge is -2.21. The van der Waals surface area contributed by atoms with E-state index in [2.05, 4.69) is 38.8 Å². The summed E-state index contributed by atoms with van der Waals surface area (Å²) in [5.41, 5.74) is 0.0272. The number of aliphatic imine (C=N–C) groups is 1. The van der Waals surface area contributed by atoms with Gasteiger partial charge in [-0.05, 0) is 38.7 Å². The zero-order valence-electron chi connectivity index (χ0n) is 6.93. The molecule has 1 aliphatic rings. The Hall–Kier alpha value is -0.240. The Balaban J connectivity index is 2.88. The van der Waals surface area contributed by atoms with E-state index in [9.17, 15) is 0 Å². The maximum absolute atomic E-state index is 4.47. The van der Waals surface area contributed by atoms with Crippen molar-refractivity contribution in [3.63, 3.8) is 0 Å². The van der Waals surface area contributed by atoms with Crippen LogP contribution in [0.1, 0.15) is 27.7 Å². The minimum absolute atomic E-state index is 0.0272. The Bertz CT molecular complexity index is 181. The standard InChI is InChI=1S/C8H13NS/c1-6-5-8(3,4)9-7(2)10-6/h5H,1-4H3. The fourth-order valence-electron chi connectivity index (χ4n) is 1.22. The molecule has 0 aromatic heterocycles. The Morgan fingerprint density at radius 2 is 2.00 bits per heavy atom. The maximum atomic E-state index is 4.47. The monoisotopic (exact) mass is 155 g/mol. The van der Waals surface area contributed by atoms with Gasteiger partial charge in [0.2, 0.25) is 0 Å². The van der Waals surface area contributed by atoms with Gasteiger partial charge in [-0.2, -0.15) is 0 Å². The lowest BCUT2D eigenvalue weighted by atomic mass is 10.1. The number of hydrogen-bond acceptors (Lipinski definition) is 2. The van der Waals surface area contributed by atoms with Gasteiger partial charge in [0.05, 0.1) is 10.6 Å². The van der Waals surface area contributed by atoms with Crippen molar-refractivity contribution in [3.8, 4) is 0 Å². The summed E-state index contributed by atoms with van der Waals surface area (Å²) in [4.78, 5) is 5.83. The molecule has 1 rings (SSSR count). The third kappa shape index (κ3) is 1.87. The molecule has 0 amide bonds. The van der Waals surface area contributed by atoms with Crippen LogP contribution >= 0.6 is 11.8 Å². The van der Waals surface area contributed by atoms with Crippen LogP contribution in [0.4, 0.5) is 0 Å². The third-order valence-corrected chi connectivity index (χ3v) is 2.14. The van der Waals surface area contributed by atoms with Gasteiger partial charge in [0.1, 0.15) is 0 Å². The number of rotatable bonds is 0. The van der Waals surface area contributed by atoms with E-state index in [-0.39, 0.29) is 5.54 Å². The summed E-state index contributed by atoms with van der Waals surface area (Å²) in [5.74, 6) is 0. The SMILES string of the molecule is CC1=CC(C)(C)N=C(C)S1. The van der Waals surface area contributed by atoms with Crippen LogP contribution in [0.2, 0.25) is 0 Å². The van der Waals surface area contributed by atoms with Crippen LogP contribution in [0.5, 0.6) is 0 Å². The average Bonchev–Trinajstić information content (AvgIpc) is 1.54. The smallest absolute Gasteiger partial charge is 0.0751 e. The lowest BCUT2D eigenvalue weighted by Crippen LogP contribution is -2.17. The molecule has 2 heteroatoms. The zero-order chi connectivity index (χ0) is 7.78. The first kappa shape index (κ1) is 7.86. The van der Waals surface area contributed by atoms with Crippen LogP contribution in [0, 0.1) is 0 Å². The molecule has 1 nitrogen and oxygen atoms in total. The Morgan fingerprint density at radius 1 is 1.40 bits per heavy atom. The van der Waals surface area contributed by atoms with Crippen molar-refractivity contribution in [1.82, 2.24) is 0 Å². The van der Waals surface area contributed by atoms with Gasteiger partial charge in [0, 0.05) is 0 Å². The zero-order valence-corrected chi connectivity index (χ0v) is 7.75. The van der Waals surface area contributed by atoms with Gasteiger partial charge in [-0.3, -0.25) is 4.99 Å². The third-order valence-electron chi connectivity index (χ3n) is 1.31. The molecule has 0 saturated carbocycles. The predicted octanol–water partition coefficient (Wildman–Crippen LogP) is 2.83. The second kappa shape index (κ2) is 2.42. The molecule has 0 unspecified atom stereocenters. The summed E-state index contributed by atoms with van der Waals surface area (Å²) < 4.78 is 0. The number of hydrogen-bond donors (Lipinski definition) is 0. The van der Waals surface area contributed by atoms with Crippen molar-refractivity contribution >= 4 is 16.8 Å². The van der Waals surface area contributed by atoms with Gasteiger partial charge < -0.3 is 0 Å². The molecule has 1 heterocycles. The van der Waals surface area contributed by atoms with Gasteiger partial charge in [0.15, 0.2) is 0 Å². The van der Waals surface area contributed by atoms with Crippen LogP contribution < -0.4 is 0 Å². The van der Waals surface area contributed by atoms with E-state index in [0.29, 0.717) is 0 Å². The number of allylic oxidation sites excluding steroid dienone is 1. The van der Waals surface area contributed by atoms with Crippen molar-refractivity contribution in [3.05, 3.63) is 11.0 Å². The average molecular weight is 155 g/mol. The molecule has 10 heavy (non-hydrogen) atoms. The second-order valence-electron chi connectivity index (χ2n) is 3.14. The van der Waals surface area contributed by atoms with Crippen molar-refractivity contribution in [2.45, 2.75) is 33.2 Å². The van der Waals surface area contributed by atoms with Crippen molar-refractivity contribution < 1.29 is 0 Å². The summed E-state index contributed by atoms with van der Waals surface area (Å²) in [7, 11) is 0. The van der Waals surface area contributed by atoms with Crippen LogP contribution in [0.15, 0.2) is 16.0 Å². The molecular formula is C8H13NS. The molecule has 0 aromatic carbocycles. The summed E-state index contributed by atoms with van der Waals surface area (Å²) in [5, 5.41) is 1.17. The van der Waals surface area contributed by atoms with Gasteiger partial charge in [-0.1, -0.05) is 11.8 Å². The first-order chi connectivity index (χ1) is 4.49. The van der Waals surface area contributed by atoms with Crippen LogP contribution in [-0.4, -0.2) is 10.6 Å². The quantitative estimate of drug-likeness (QED) is 0.524. The molecule has 0 bridgehead atoms. The van der Waals surface area contributed by atoms with E-state index in [0.717, 1.165) is 0 Å². The van der Waals surface area contributed by atoms with E-state index < -0.39 is 0 Å². The van der Waals surface area contributed by atoms with E-state index in [1.807, 2.05) is 0 Å². The summed E-state index contributed by atoms with van der Waals surface area (Å²) in [6.07, 6.45) is 2.20. The highest BCUT2D eigenvalue weighted by atomic mass is 32.2. The van der Waals surface area contributed by atoms with Gasteiger partial charge >= 0.3 is 0 Å². The Morgan fingerprint density at radius 3 is 2.40 bits per heavy atom. The van der Waals surface area contributed by atoms with Gasteiger partial charge in [-0.25, -0.2) is 0 Å². The van der Waals surface area contributed by atoms with Crippen molar-refractivity contribution in [2.24, 2.45) is 4.99 Å². The van der Waals surface area contributed by atoms with E-state index >= 15 is 0 Å². The van der Waals surface area contributed by atoms with Crippen molar-refractivity contribution in [2.75, 3.05) is 0 Å². The highest BCUT2D eigenvalue weighted by Gasteiger charge is 2.17. The molecule has 0 fully saturated rings. The molecule has 0 aliphatic carbocycles. The molecule has 0 saturated heterocycles. The largest absolute Gasteiger partial charge is 0.273 e.